The fourth-order valence-electron chi connectivity index (χ4n) is 3.52. The van der Waals surface area contributed by atoms with Crippen molar-refractivity contribution in [1.82, 2.24) is 5.43 Å². The first-order valence-electron chi connectivity index (χ1n) is 11.3. The molecule has 0 spiro atoms. The average molecular weight is 502 g/mol. The number of halogens is 1. The van der Waals surface area contributed by atoms with Gasteiger partial charge in [-0.2, -0.15) is 5.10 Å². The van der Waals surface area contributed by atoms with Crippen LogP contribution in [-0.2, 0) is 16.2 Å². The summed E-state index contributed by atoms with van der Waals surface area (Å²) in [6.45, 7) is 2.71. The Morgan fingerprint density at radius 2 is 1.67 bits per heavy atom. The number of rotatable bonds is 8. The van der Waals surface area contributed by atoms with E-state index >= 15 is 0 Å². The number of amides is 2. The number of hydrogen-bond acceptors (Lipinski definition) is 5. The molecule has 2 N–H and O–H groups in total. The third-order valence-electron chi connectivity index (χ3n) is 5.24. The summed E-state index contributed by atoms with van der Waals surface area (Å²) in [6, 6.07) is 26.2. The number of hydrazone groups is 1. The Morgan fingerprint density at radius 3 is 2.50 bits per heavy atom. The lowest BCUT2D eigenvalue weighted by Crippen LogP contribution is -2.32. The van der Waals surface area contributed by atoms with E-state index in [0.29, 0.717) is 41.0 Å². The van der Waals surface area contributed by atoms with Crippen molar-refractivity contribution in [2.24, 2.45) is 5.10 Å². The van der Waals surface area contributed by atoms with E-state index in [0.717, 1.165) is 16.3 Å². The van der Waals surface area contributed by atoms with Gasteiger partial charge in [0, 0.05) is 0 Å². The minimum absolute atomic E-state index is 0.327. The van der Waals surface area contributed by atoms with Crippen LogP contribution in [0.5, 0.6) is 11.5 Å². The van der Waals surface area contributed by atoms with E-state index in [4.69, 9.17) is 21.1 Å². The molecule has 0 radical (unpaired) electrons. The van der Waals surface area contributed by atoms with Gasteiger partial charge >= 0.3 is 11.8 Å². The Hall–Kier alpha value is -4.36. The summed E-state index contributed by atoms with van der Waals surface area (Å²) >= 11 is 6.00. The zero-order chi connectivity index (χ0) is 25.3. The molecule has 0 aliphatic carbocycles. The van der Waals surface area contributed by atoms with Crippen molar-refractivity contribution in [1.29, 1.82) is 0 Å². The molecular weight excluding hydrogens is 478 g/mol. The molecule has 0 aliphatic heterocycles. The number of benzene rings is 4. The summed E-state index contributed by atoms with van der Waals surface area (Å²) in [4.78, 5) is 24.1. The number of ether oxygens (including phenoxy) is 2. The van der Waals surface area contributed by atoms with Gasteiger partial charge in [-0.1, -0.05) is 66.2 Å². The lowest BCUT2D eigenvalue weighted by molar-refractivity contribution is -0.136. The molecule has 0 bridgehead atoms. The van der Waals surface area contributed by atoms with Crippen LogP contribution in [0, 0.1) is 0 Å². The van der Waals surface area contributed by atoms with Crippen LogP contribution in [-0.4, -0.2) is 24.6 Å². The van der Waals surface area contributed by atoms with Gasteiger partial charge in [-0.25, -0.2) is 5.43 Å². The van der Waals surface area contributed by atoms with Gasteiger partial charge in [0.25, 0.3) is 0 Å². The molecule has 8 heteroatoms. The molecule has 4 aromatic rings. The van der Waals surface area contributed by atoms with Gasteiger partial charge in [0.05, 0.1) is 23.5 Å². The summed E-state index contributed by atoms with van der Waals surface area (Å²) in [5.74, 6) is -0.673. The predicted molar refractivity (Wildman–Crippen MR) is 142 cm³/mol. The van der Waals surface area contributed by atoms with Crippen LogP contribution in [0.25, 0.3) is 10.8 Å². The normalized spacial score (nSPS) is 10.8. The van der Waals surface area contributed by atoms with E-state index in [1.807, 2.05) is 31.2 Å². The monoisotopic (exact) mass is 501 g/mol. The van der Waals surface area contributed by atoms with E-state index in [-0.39, 0.29) is 0 Å². The molecule has 0 atom stereocenters. The Morgan fingerprint density at radius 1 is 0.889 bits per heavy atom. The van der Waals surface area contributed by atoms with Crippen molar-refractivity contribution in [3.63, 3.8) is 0 Å². The van der Waals surface area contributed by atoms with Crippen molar-refractivity contribution in [3.05, 3.63) is 101 Å². The van der Waals surface area contributed by atoms with E-state index in [2.05, 4.69) is 34.0 Å². The predicted octanol–water partition coefficient (Wildman–Crippen LogP) is 5.56. The summed E-state index contributed by atoms with van der Waals surface area (Å²) in [5.41, 5.74) is 4.26. The number of para-hydroxylation sites is 1. The first kappa shape index (κ1) is 24.8. The van der Waals surface area contributed by atoms with Crippen molar-refractivity contribution in [2.45, 2.75) is 13.5 Å². The topological polar surface area (TPSA) is 89.0 Å². The van der Waals surface area contributed by atoms with Crippen LogP contribution in [0.1, 0.15) is 18.1 Å². The molecule has 0 heterocycles. The van der Waals surface area contributed by atoms with Crippen LogP contribution >= 0.6 is 11.6 Å². The zero-order valence-electron chi connectivity index (χ0n) is 19.5. The molecule has 0 unspecified atom stereocenters. The van der Waals surface area contributed by atoms with Crippen molar-refractivity contribution in [2.75, 3.05) is 11.9 Å². The molecule has 0 saturated heterocycles. The molecule has 0 fully saturated rings. The molecule has 0 aliphatic rings. The molecule has 2 amide bonds. The Labute approximate surface area is 213 Å². The number of carbonyl (C=O) groups is 2. The van der Waals surface area contributed by atoms with Gasteiger partial charge < -0.3 is 14.8 Å². The zero-order valence-corrected chi connectivity index (χ0v) is 20.3. The van der Waals surface area contributed by atoms with Gasteiger partial charge in [-0.05, 0) is 59.2 Å². The number of nitrogens with zero attached hydrogens (tertiary/aromatic N) is 1. The minimum Gasteiger partial charge on any atom is -0.490 e. The second-order valence-corrected chi connectivity index (χ2v) is 8.11. The second kappa shape index (κ2) is 11.9. The van der Waals surface area contributed by atoms with Crippen LogP contribution in [0.3, 0.4) is 0 Å². The lowest BCUT2D eigenvalue weighted by atomic mass is 10.1. The minimum atomic E-state index is -0.925. The summed E-state index contributed by atoms with van der Waals surface area (Å²) < 4.78 is 11.8. The SMILES string of the molecule is CCOc1cc(/C=N/NC(=O)C(=O)Nc2ccccc2Cl)ccc1OCc1cccc2ccccc12. The molecule has 36 heavy (non-hydrogen) atoms. The fourth-order valence-corrected chi connectivity index (χ4v) is 3.71. The fraction of sp³-hybridized carbons (Fsp3) is 0.107. The molecular formula is C28H24ClN3O4. The number of carbonyl (C=O) groups excluding carboxylic acids is 2. The quantitative estimate of drug-likeness (QED) is 0.188. The van der Waals surface area contributed by atoms with Crippen LogP contribution < -0.4 is 20.2 Å². The molecule has 0 saturated carbocycles. The van der Waals surface area contributed by atoms with Gasteiger partial charge in [0.15, 0.2) is 11.5 Å². The van der Waals surface area contributed by atoms with E-state index in [9.17, 15) is 9.59 Å². The summed E-state index contributed by atoms with van der Waals surface area (Å²) in [5, 5.41) is 8.92. The van der Waals surface area contributed by atoms with Crippen molar-refractivity contribution < 1.29 is 19.1 Å². The maximum absolute atomic E-state index is 12.1. The van der Waals surface area contributed by atoms with Gasteiger partial charge in [0.2, 0.25) is 0 Å². The number of anilines is 1. The Bertz CT molecular complexity index is 1420. The smallest absolute Gasteiger partial charge is 0.329 e. The van der Waals surface area contributed by atoms with Gasteiger partial charge in [0.1, 0.15) is 6.61 Å². The Balaban J connectivity index is 1.40. The highest BCUT2D eigenvalue weighted by atomic mass is 35.5. The number of nitrogens with one attached hydrogen (secondary N) is 2. The van der Waals surface area contributed by atoms with Crippen molar-refractivity contribution >= 4 is 46.1 Å². The summed E-state index contributed by atoms with van der Waals surface area (Å²) in [7, 11) is 0. The highest BCUT2D eigenvalue weighted by molar-refractivity contribution is 6.41. The molecule has 4 rings (SSSR count). The van der Waals surface area contributed by atoms with E-state index in [1.54, 1.807) is 42.5 Å². The third-order valence-corrected chi connectivity index (χ3v) is 5.57. The van der Waals surface area contributed by atoms with Crippen LogP contribution in [0.15, 0.2) is 90.0 Å². The van der Waals surface area contributed by atoms with Crippen LogP contribution in [0.2, 0.25) is 5.02 Å². The molecule has 4 aromatic carbocycles. The molecule has 0 aromatic heterocycles. The van der Waals surface area contributed by atoms with Gasteiger partial charge in [-0.3, -0.25) is 9.59 Å². The third kappa shape index (κ3) is 6.20. The second-order valence-electron chi connectivity index (χ2n) is 7.70. The largest absolute Gasteiger partial charge is 0.490 e. The first-order chi connectivity index (χ1) is 17.5. The summed E-state index contributed by atoms with van der Waals surface area (Å²) in [6.07, 6.45) is 1.41. The molecule has 7 nitrogen and oxygen atoms in total. The van der Waals surface area contributed by atoms with Gasteiger partial charge in [-0.15, -0.1) is 0 Å². The maximum atomic E-state index is 12.1. The highest BCUT2D eigenvalue weighted by Gasteiger charge is 2.14. The first-order valence-corrected chi connectivity index (χ1v) is 11.7. The highest BCUT2D eigenvalue weighted by Crippen LogP contribution is 2.30. The number of hydrogen-bond donors (Lipinski definition) is 2. The van der Waals surface area contributed by atoms with E-state index < -0.39 is 11.8 Å². The standard InChI is InChI=1S/C28H24ClN3O4/c1-2-35-26-16-19(17-30-32-28(34)27(33)31-24-13-6-5-12-23(24)29)14-15-25(26)36-18-21-10-7-9-20-8-3-4-11-22(20)21/h3-17H,2,18H2,1H3,(H,31,33)(H,32,34)/b30-17+. The van der Waals surface area contributed by atoms with E-state index in [1.165, 1.54) is 6.21 Å². The average Bonchev–Trinajstić information content (AvgIpc) is 2.89. The number of fused-ring (bicyclic) bond motifs is 1. The lowest BCUT2D eigenvalue weighted by Gasteiger charge is -2.13. The Kier molecular flexibility index (Phi) is 8.16. The maximum Gasteiger partial charge on any atom is 0.329 e. The van der Waals surface area contributed by atoms with Crippen LogP contribution in [0.4, 0.5) is 5.69 Å². The molecule has 182 valence electrons. The van der Waals surface area contributed by atoms with Crippen molar-refractivity contribution in [3.8, 4) is 11.5 Å².